The summed E-state index contributed by atoms with van der Waals surface area (Å²) >= 11 is 0. The normalized spacial score (nSPS) is 22.0. The monoisotopic (exact) mass is 432 g/mol. The Kier molecular flexibility index (Phi) is 5.55. The molecule has 2 atom stereocenters. The Labute approximate surface area is 176 Å². The Bertz CT molecular complexity index is 1070. The third-order valence-corrected chi connectivity index (χ3v) is 7.81. The summed E-state index contributed by atoms with van der Waals surface area (Å²) in [5.74, 6) is -1.06. The molecule has 2 heterocycles. The standard InChI is InChI=1S/C22H25FN2O4S/c1-15-12-16-6-3-4-8-19(16)25(15)22(26)17-7-5-11-24(14-17)30(27,28)21-13-18(23)9-10-20(21)29-2/h3-4,6,8-10,13,15,17H,5,7,11-12,14H2,1-2H3/t15-,17+/m1/s1. The highest BCUT2D eigenvalue weighted by Crippen LogP contribution is 2.36. The summed E-state index contributed by atoms with van der Waals surface area (Å²) in [5.41, 5.74) is 2.03. The zero-order chi connectivity index (χ0) is 21.5. The summed E-state index contributed by atoms with van der Waals surface area (Å²) in [6.45, 7) is 2.37. The lowest BCUT2D eigenvalue weighted by atomic mass is 9.97. The van der Waals surface area contributed by atoms with E-state index in [0.29, 0.717) is 12.8 Å². The van der Waals surface area contributed by atoms with Crippen LogP contribution >= 0.6 is 0 Å². The van der Waals surface area contributed by atoms with Crippen LogP contribution < -0.4 is 9.64 Å². The Hall–Kier alpha value is -2.45. The number of hydrogen-bond donors (Lipinski definition) is 0. The number of fused-ring (bicyclic) bond motifs is 1. The van der Waals surface area contributed by atoms with Crippen molar-refractivity contribution in [2.45, 2.75) is 37.1 Å². The van der Waals surface area contributed by atoms with E-state index in [1.807, 2.05) is 31.2 Å². The quantitative estimate of drug-likeness (QED) is 0.744. The molecule has 6 nitrogen and oxygen atoms in total. The molecule has 1 amide bonds. The van der Waals surface area contributed by atoms with E-state index in [0.717, 1.165) is 29.8 Å². The van der Waals surface area contributed by atoms with Crippen LogP contribution in [0, 0.1) is 11.7 Å². The second kappa shape index (κ2) is 8.00. The van der Waals surface area contributed by atoms with Gasteiger partial charge in [0, 0.05) is 24.8 Å². The smallest absolute Gasteiger partial charge is 0.246 e. The van der Waals surface area contributed by atoms with Crippen LogP contribution in [0.5, 0.6) is 5.75 Å². The molecule has 0 saturated carbocycles. The molecule has 2 aromatic rings. The zero-order valence-corrected chi connectivity index (χ0v) is 17.9. The maximum atomic E-state index is 13.8. The van der Waals surface area contributed by atoms with Crippen molar-refractivity contribution in [1.82, 2.24) is 4.31 Å². The van der Waals surface area contributed by atoms with E-state index >= 15 is 0 Å². The van der Waals surface area contributed by atoms with Crippen LogP contribution in [-0.2, 0) is 21.2 Å². The molecule has 0 aromatic heterocycles. The Balaban J connectivity index is 1.60. The van der Waals surface area contributed by atoms with Crippen molar-refractivity contribution >= 4 is 21.6 Å². The van der Waals surface area contributed by atoms with E-state index in [2.05, 4.69) is 0 Å². The number of methoxy groups -OCH3 is 1. The topological polar surface area (TPSA) is 66.9 Å². The highest BCUT2D eigenvalue weighted by atomic mass is 32.2. The van der Waals surface area contributed by atoms with E-state index in [1.54, 1.807) is 4.90 Å². The SMILES string of the molecule is COc1ccc(F)cc1S(=O)(=O)N1CCC[C@H](C(=O)N2c3ccccc3C[C@H]2C)C1. The van der Waals surface area contributed by atoms with E-state index in [1.165, 1.54) is 17.5 Å². The highest BCUT2D eigenvalue weighted by molar-refractivity contribution is 7.89. The number of nitrogens with zero attached hydrogens (tertiary/aromatic N) is 2. The molecule has 0 unspecified atom stereocenters. The molecule has 1 saturated heterocycles. The first-order valence-corrected chi connectivity index (χ1v) is 11.5. The number of benzene rings is 2. The summed E-state index contributed by atoms with van der Waals surface area (Å²) in [4.78, 5) is 15.0. The van der Waals surface area contributed by atoms with Gasteiger partial charge in [-0.25, -0.2) is 12.8 Å². The number of carbonyl (C=O) groups excluding carboxylic acids is 1. The van der Waals surface area contributed by atoms with Crippen LogP contribution in [0.3, 0.4) is 0 Å². The molecule has 1 fully saturated rings. The Morgan fingerprint density at radius 1 is 1.20 bits per heavy atom. The lowest BCUT2D eigenvalue weighted by Crippen LogP contribution is -2.48. The summed E-state index contributed by atoms with van der Waals surface area (Å²) in [7, 11) is -2.65. The van der Waals surface area contributed by atoms with Crippen LogP contribution in [-0.4, -0.2) is 44.9 Å². The van der Waals surface area contributed by atoms with Gasteiger partial charge < -0.3 is 9.64 Å². The van der Waals surface area contributed by atoms with Gasteiger partial charge >= 0.3 is 0 Å². The molecule has 2 aromatic carbocycles. The fraction of sp³-hybridized carbons (Fsp3) is 0.409. The molecule has 0 aliphatic carbocycles. The van der Waals surface area contributed by atoms with Gasteiger partial charge in [0.15, 0.2) is 0 Å². The zero-order valence-electron chi connectivity index (χ0n) is 17.0. The lowest BCUT2D eigenvalue weighted by Gasteiger charge is -2.34. The minimum absolute atomic E-state index is 0.0326. The number of halogens is 1. The molecule has 2 aliphatic rings. The number of carbonyl (C=O) groups is 1. The second-order valence-corrected chi connectivity index (χ2v) is 9.79. The van der Waals surface area contributed by atoms with Gasteiger partial charge in [-0.05, 0) is 56.0 Å². The average molecular weight is 433 g/mol. The third kappa shape index (κ3) is 3.58. The largest absolute Gasteiger partial charge is 0.495 e. The van der Waals surface area contributed by atoms with Gasteiger partial charge in [0.05, 0.1) is 13.0 Å². The summed E-state index contributed by atoms with van der Waals surface area (Å²) < 4.78 is 46.6. The van der Waals surface area contributed by atoms with Crippen molar-refractivity contribution in [2.75, 3.05) is 25.1 Å². The minimum atomic E-state index is -3.99. The van der Waals surface area contributed by atoms with E-state index in [4.69, 9.17) is 4.74 Å². The first-order valence-electron chi connectivity index (χ1n) is 10.1. The van der Waals surface area contributed by atoms with E-state index in [9.17, 15) is 17.6 Å². The fourth-order valence-electron chi connectivity index (χ4n) is 4.45. The number of ether oxygens (including phenoxy) is 1. The number of anilines is 1. The maximum absolute atomic E-state index is 13.8. The lowest BCUT2D eigenvalue weighted by molar-refractivity contribution is -0.123. The maximum Gasteiger partial charge on any atom is 0.246 e. The van der Waals surface area contributed by atoms with Gasteiger partial charge in [0.25, 0.3) is 0 Å². The molecule has 8 heteroatoms. The number of hydrogen-bond acceptors (Lipinski definition) is 4. The van der Waals surface area contributed by atoms with E-state index < -0.39 is 21.8 Å². The van der Waals surface area contributed by atoms with Crippen molar-refractivity contribution in [3.63, 3.8) is 0 Å². The van der Waals surface area contributed by atoms with E-state index in [-0.39, 0.29) is 35.7 Å². The number of rotatable bonds is 4. The van der Waals surface area contributed by atoms with Crippen LogP contribution in [0.15, 0.2) is 47.4 Å². The molecule has 4 rings (SSSR count). The van der Waals surface area contributed by atoms with Crippen LogP contribution in [0.1, 0.15) is 25.3 Å². The van der Waals surface area contributed by atoms with Crippen molar-refractivity contribution in [3.8, 4) is 5.75 Å². The summed E-state index contributed by atoms with van der Waals surface area (Å²) in [6, 6.07) is 11.3. The van der Waals surface area contributed by atoms with Gasteiger partial charge in [-0.2, -0.15) is 4.31 Å². The number of para-hydroxylation sites is 1. The van der Waals surface area contributed by atoms with Gasteiger partial charge in [-0.1, -0.05) is 18.2 Å². The molecule has 160 valence electrons. The molecule has 2 aliphatic heterocycles. The number of sulfonamides is 1. The Morgan fingerprint density at radius 2 is 1.97 bits per heavy atom. The number of amides is 1. The minimum Gasteiger partial charge on any atom is -0.495 e. The van der Waals surface area contributed by atoms with Crippen LogP contribution in [0.4, 0.5) is 10.1 Å². The van der Waals surface area contributed by atoms with Gasteiger partial charge in [0.1, 0.15) is 16.5 Å². The van der Waals surface area contributed by atoms with Gasteiger partial charge in [-0.3, -0.25) is 4.79 Å². The predicted octanol–water partition coefficient (Wildman–Crippen LogP) is 3.21. The molecule has 0 N–H and O–H groups in total. The van der Waals surface area contributed by atoms with Crippen LogP contribution in [0.2, 0.25) is 0 Å². The van der Waals surface area contributed by atoms with Crippen LogP contribution in [0.25, 0.3) is 0 Å². The fourth-order valence-corrected chi connectivity index (χ4v) is 6.14. The average Bonchev–Trinajstić information content (AvgIpc) is 3.09. The summed E-state index contributed by atoms with van der Waals surface area (Å²) in [5, 5.41) is 0. The van der Waals surface area contributed by atoms with Crippen molar-refractivity contribution < 1.29 is 22.3 Å². The molecule has 0 spiro atoms. The highest BCUT2D eigenvalue weighted by Gasteiger charge is 2.39. The number of piperidine rings is 1. The first kappa shape index (κ1) is 20.8. The molecule has 0 radical (unpaired) electrons. The second-order valence-electron chi connectivity index (χ2n) is 7.89. The van der Waals surface area contributed by atoms with Crippen molar-refractivity contribution in [1.29, 1.82) is 0 Å². The predicted molar refractivity (Wildman–Crippen MR) is 112 cm³/mol. The van der Waals surface area contributed by atoms with Gasteiger partial charge in [-0.15, -0.1) is 0 Å². The molecular formula is C22H25FN2O4S. The summed E-state index contributed by atoms with van der Waals surface area (Å²) in [6.07, 6.45) is 1.98. The van der Waals surface area contributed by atoms with Crippen molar-refractivity contribution in [3.05, 3.63) is 53.8 Å². The van der Waals surface area contributed by atoms with Gasteiger partial charge in [0.2, 0.25) is 15.9 Å². The molecular weight excluding hydrogens is 407 g/mol. The first-order chi connectivity index (χ1) is 14.3. The Morgan fingerprint density at radius 3 is 2.73 bits per heavy atom. The van der Waals surface area contributed by atoms with Crippen molar-refractivity contribution in [2.24, 2.45) is 5.92 Å². The molecule has 30 heavy (non-hydrogen) atoms. The molecule has 0 bridgehead atoms. The third-order valence-electron chi connectivity index (χ3n) is 5.92.